The Balaban J connectivity index is 5.98. The van der Waals surface area contributed by atoms with Gasteiger partial charge in [0.2, 0.25) is 0 Å². The molecule has 7 heavy (non-hydrogen) atoms. The Bertz CT molecular complexity index is 209. The Morgan fingerprint density at radius 2 is 1.14 bits per heavy atom. The first kappa shape index (κ1) is 6.53. The van der Waals surface area contributed by atoms with Crippen molar-refractivity contribution in [1.29, 1.82) is 0 Å². The molecule has 36 valence electrons. The Hall–Kier alpha value is -0.470. The van der Waals surface area contributed by atoms with Gasteiger partial charge in [-0.1, -0.05) is 0 Å². The molecule has 0 bridgehead atoms. The second kappa shape index (κ2) is 3.71. The van der Waals surface area contributed by atoms with Crippen molar-refractivity contribution in [1.82, 2.24) is 0 Å². The Labute approximate surface area is 44.7 Å². The van der Waals surface area contributed by atoms with Gasteiger partial charge in [-0.2, -0.15) is 0 Å². The standard InChI is InChI=1S/C3O3Te/c4-1-7(2-5)3-6. The first-order chi connectivity index (χ1) is 3.35. The molecule has 0 aromatic rings. The van der Waals surface area contributed by atoms with Crippen molar-refractivity contribution < 1.29 is 14.4 Å². The summed E-state index contributed by atoms with van der Waals surface area (Å²) in [4.78, 5) is 28.2. The van der Waals surface area contributed by atoms with Crippen LogP contribution in [0.3, 0.4) is 0 Å². The molecule has 0 saturated heterocycles. The summed E-state index contributed by atoms with van der Waals surface area (Å²) >= 11 is -2.85. The first-order valence-corrected chi connectivity index (χ1v) is 4.72. The molecular weight excluding hydrogens is 212 g/mol. The summed E-state index contributed by atoms with van der Waals surface area (Å²) < 4.78 is 3.82. The maximum atomic E-state index is 9.39. The predicted molar refractivity (Wildman–Crippen MR) is 22.8 cm³/mol. The van der Waals surface area contributed by atoms with Crippen LogP contribution < -0.4 is 0 Å². The van der Waals surface area contributed by atoms with Crippen molar-refractivity contribution in [2.24, 2.45) is 0 Å². The molecule has 0 fully saturated rings. The van der Waals surface area contributed by atoms with Crippen molar-refractivity contribution >= 4 is 29.9 Å². The van der Waals surface area contributed by atoms with E-state index in [1.165, 1.54) is 11.8 Å². The van der Waals surface area contributed by atoms with Crippen LogP contribution in [0.5, 0.6) is 0 Å². The van der Waals surface area contributed by atoms with E-state index in [1.54, 1.807) is 0 Å². The molecule has 0 N–H and O–H groups in total. The Morgan fingerprint density at radius 1 is 0.857 bits per heavy atom. The van der Waals surface area contributed by atoms with Crippen LogP contribution in [0, 0.1) is 0 Å². The van der Waals surface area contributed by atoms with E-state index < -0.39 is 18.1 Å². The monoisotopic (exact) mass is 214 g/mol. The molecular formula is C3O3Te. The summed E-state index contributed by atoms with van der Waals surface area (Å²) in [6, 6.07) is 0. The molecule has 0 aliphatic rings. The second-order valence-electron chi connectivity index (χ2n) is 0.556. The van der Waals surface area contributed by atoms with Crippen LogP contribution in [0.1, 0.15) is 0 Å². The van der Waals surface area contributed by atoms with E-state index in [2.05, 4.69) is 0 Å². The first-order valence-electron chi connectivity index (χ1n) is 1.22. The van der Waals surface area contributed by atoms with Crippen molar-refractivity contribution in [2.75, 3.05) is 0 Å². The van der Waals surface area contributed by atoms with Gasteiger partial charge in [0.05, 0.1) is 0 Å². The van der Waals surface area contributed by atoms with E-state index >= 15 is 0 Å². The van der Waals surface area contributed by atoms with Gasteiger partial charge in [0.25, 0.3) is 0 Å². The van der Waals surface area contributed by atoms with Crippen LogP contribution in [0.15, 0.2) is 0 Å². The van der Waals surface area contributed by atoms with E-state index in [4.69, 9.17) is 0 Å². The van der Waals surface area contributed by atoms with E-state index in [0.29, 0.717) is 0 Å². The Kier molecular flexibility index (Phi) is 3.46. The number of hydrogen-bond acceptors (Lipinski definition) is 3. The minimum atomic E-state index is -2.85. The molecule has 0 rings (SSSR count). The summed E-state index contributed by atoms with van der Waals surface area (Å²) in [5.74, 6) is 0. The molecule has 0 aromatic carbocycles. The number of hydrogen-bond donors (Lipinski definition) is 0. The summed E-state index contributed by atoms with van der Waals surface area (Å²) in [5, 5.41) is 0. The van der Waals surface area contributed by atoms with Crippen LogP contribution in [0.4, 0.5) is 0 Å². The number of rotatable bonds is 0. The van der Waals surface area contributed by atoms with E-state index in [-0.39, 0.29) is 0 Å². The van der Waals surface area contributed by atoms with Crippen LogP contribution in [0.2, 0.25) is 0 Å². The van der Waals surface area contributed by atoms with Gasteiger partial charge >= 0.3 is 44.3 Å². The molecule has 0 aliphatic heterocycles. The van der Waals surface area contributed by atoms with Gasteiger partial charge in [0.1, 0.15) is 0 Å². The third-order valence-corrected chi connectivity index (χ3v) is 1.68. The molecule has 0 atom stereocenters. The molecule has 3 nitrogen and oxygen atoms in total. The van der Waals surface area contributed by atoms with Crippen molar-refractivity contribution in [3.05, 3.63) is 0 Å². The normalized spacial score (nSPS) is 5.14. The summed E-state index contributed by atoms with van der Waals surface area (Å²) in [6.07, 6.45) is 0. The molecule has 0 heterocycles. The molecule has 0 saturated carbocycles. The zero-order chi connectivity index (χ0) is 5.70. The van der Waals surface area contributed by atoms with Crippen LogP contribution in [-0.4, -0.2) is 29.9 Å². The zero-order valence-corrected chi connectivity index (χ0v) is 5.46. The van der Waals surface area contributed by atoms with Gasteiger partial charge in [0, 0.05) is 0 Å². The Morgan fingerprint density at radius 3 is 1.14 bits per heavy atom. The molecule has 0 aliphatic carbocycles. The van der Waals surface area contributed by atoms with Crippen molar-refractivity contribution in [2.45, 2.75) is 0 Å². The van der Waals surface area contributed by atoms with Crippen LogP contribution >= 0.6 is 0 Å². The van der Waals surface area contributed by atoms with Gasteiger partial charge in [-0.15, -0.1) is 0 Å². The number of carbonyl (C=O) groups excluding carboxylic acids is 3. The van der Waals surface area contributed by atoms with Crippen molar-refractivity contribution in [3.63, 3.8) is 0 Å². The average Bonchev–Trinajstić information content (AvgIpc) is 1.72. The third-order valence-electron chi connectivity index (χ3n) is 0.250. The minimum absolute atomic E-state index is 1.27. The van der Waals surface area contributed by atoms with Gasteiger partial charge < -0.3 is 0 Å². The fraction of sp³-hybridized carbons (Fsp3) is 0. The quantitative estimate of drug-likeness (QED) is 0.455. The van der Waals surface area contributed by atoms with E-state index in [0.717, 1.165) is 0 Å². The van der Waals surface area contributed by atoms with E-state index in [9.17, 15) is 14.4 Å². The summed E-state index contributed by atoms with van der Waals surface area (Å²) in [6.45, 7) is 0. The second-order valence-corrected chi connectivity index (χ2v) is 3.73. The van der Waals surface area contributed by atoms with Crippen LogP contribution in [-0.2, 0) is 14.4 Å². The summed E-state index contributed by atoms with van der Waals surface area (Å²) in [5.41, 5.74) is 0. The summed E-state index contributed by atoms with van der Waals surface area (Å²) in [7, 11) is 0. The molecule has 0 amide bonds. The van der Waals surface area contributed by atoms with Gasteiger partial charge in [-0.05, 0) is 0 Å². The fourth-order valence-corrected chi connectivity index (χ4v) is 0.342. The van der Waals surface area contributed by atoms with Gasteiger partial charge in [-0.25, -0.2) is 0 Å². The van der Waals surface area contributed by atoms with Gasteiger partial charge in [0.15, 0.2) is 0 Å². The third kappa shape index (κ3) is 2.25. The predicted octanol–water partition coefficient (Wildman–Crippen LogP) is -1.57. The fourth-order valence-electron chi connectivity index (χ4n) is 0.0510. The molecule has 0 radical (unpaired) electrons. The van der Waals surface area contributed by atoms with Crippen molar-refractivity contribution in [3.8, 4) is 0 Å². The van der Waals surface area contributed by atoms with E-state index in [1.807, 2.05) is 0 Å². The molecule has 0 unspecified atom stereocenters. The molecule has 0 aromatic heterocycles. The topological polar surface area (TPSA) is 51.2 Å². The SMILES string of the molecule is O=C=[Te](=C=O)=C=O. The van der Waals surface area contributed by atoms with Crippen LogP contribution in [0.25, 0.3) is 0 Å². The zero-order valence-electron chi connectivity index (χ0n) is 3.13. The molecule has 4 heteroatoms. The average molecular weight is 212 g/mol. The molecule has 0 spiro atoms. The van der Waals surface area contributed by atoms with Gasteiger partial charge in [-0.3, -0.25) is 0 Å². The maximum absolute atomic E-state index is 9.39.